The van der Waals surface area contributed by atoms with Crippen LogP contribution < -0.4 is 5.32 Å². The molecule has 1 amide bonds. The van der Waals surface area contributed by atoms with Crippen LogP contribution in [0.25, 0.3) is 0 Å². The molecule has 5 atom stereocenters. The minimum absolute atomic E-state index is 0.362. The molecule has 1 fully saturated rings. The highest BCUT2D eigenvalue weighted by molar-refractivity contribution is 7.10. The zero-order chi connectivity index (χ0) is 14.9. The molecule has 0 unspecified atom stereocenters. The molecule has 2 rings (SSSR count). The second-order valence-corrected chi connectivity index (χ2v) is 5.62. The fraction of sp³-hybridized carbons (Fsp3) is 0.583. The van der Waals surface area contributed by atoms with Gasteiger partial charge in [0.2, 0.25) is 11.7 Å². The molecule has 0 spiro atoms. The Morgan fingerprint density at radius 2 is 2.20 bits per heavy atom. The quantitative estimate of drug-likeness (QED) is 0.464. The highest BCUT2D eigenvalue weighted by Crippen LogP contribution is 2.38. The van der Waals surface area contributed by atoms with Crippen molar-refractivity contribution < 1.29 is 30.0 Å². The topological polar surface area (TPSA) is 119 Å². The summed E-state index contributed by atoms with van der Waals surface area (Å²) < 4.78 is 5.35. The largest absolute Gasteiger partial charge is 0.394 e. The third-order valence-corrected chi connectivity index (χ3v) is 4.21. The smallest absolute Gasteiger partial charge is 0.226 e. The highest BCUT2D eigenvalue weighted by atomic mass is 32.1. The lowest BCUT2D eigenvalue weighted by molar-refractivity contribution is -0.325. The van der Waals surface area contributed by atoms with Gasteiger partial charge in [-0.2, -0.15) is 0 Å². The molecule has 1 saturated heterocycles. The van der Waals surface area contributed by atoms with Crippen molar-refractivity contribution >= 4 is 17.2 Å². The maximum Gasteiger partial charge on any atom is 0.226 e. The lowest BCUT2D eigenvalue weighted by atomic mass is 9.89. The first-order chi connectivity index (χ1) is 9.40. The molecule has 1 aliphatic rings. The van der Waals surface area contributed by atoms with Crippen LogP contribution in [-0.2, 0) is 15.3 Å². The van der Waals surface area contributed by atoms with E-state index in [2.05, 4.69) is 5.32 Å². The van der Waals surface area contributed by atoms with Crippen LogP contribution in [0, 0.1) is 0 Å². The van der Waals surface area contributed by atoms with Gasteiger partial charge in [0.05, 0.1) is 11.5 Å². The third kappa shape index (κ3) is 2.58. The van der Waals surface area contributed by atoms with Crippen LogP contribution in [0.15, 0.2) is 17.5 Å². The lowest BCUT2D eigenvalue weighted by Crippen LogP contribution is -2.68. The van der Waals surface area contributed by atoms with Gasteiger partial charge in [-0.3, -0.25) is 4.79 Å². The van der Waals surface area contributed by atoms with E-state index in [9.17, 15) is 25.2 Å². The number of ether oxygens (including phenoxy) is 1. The molecule has 1 aromatic rings. The van der Waals surface area contributed by atoms with Gasteiger partial charge in [0.1, 0.15) is 24.4 Å². The normalized spacial score (nSPS) is 37.6. The van der Waals surface area contributed by atoms with Gasteiger partial charge in [0, 0.05) is 6.92 Å². The van der Waals surface area contributed by atoms with E-state index in [1.807, 2.05) is 0 Å². The van der Waals surface area contributed by atoms with Gasteiger partial charge in [-0.1, -0.05) is 6.07 Å². The monoisotopic (exact) mass is 303 g/mol. The Hall–Kier alpha value is -1.03. The summed E-state index contributed by atoms with van der Waals surface area (Å²) in [4.78, 5) is 11.6. The summed E-state index contributed by atoms with van der Waals surface area (Å²) in [5, 5.41) is 44.0. The number of aliphatic hydroxyl groups is 4. The fourth-order valence-electron chi connectivity index (χ4n) is 2.26. The first kappa shape index (κ1) is 15.4. The van der Waals surface area contributed by atoms with E-state index < -0.39 is 42.7 Å². The van der Waals surface area contributed by atoms with Gasteiger partial charge in [0.25, 0.3) is 0 Å². The Kier molecular flexibility index (Phi) is 4.43. The Balaban J connectivity index is 2.40. The molecule has 0 aromatic carbocycles. The van der Waals surface area contributed by atoms with Crippen molar-refractivity contribution in [2.24, 2.45) is 0 Å². The predicted molar refractivity (Wildman–Crippen MR) is 69.8 cm³/mol. The van der Waals surface area contributed by atoms with Gasteiger partial charge in [-0.25, -0.2) is 0 Å². The SMILES string of the molecule is CC(=O)N[C@@H]1[C@@H](O)[C@H](O)[C@@H](CO)O[C@]1(O)c1cccs1. The van der Waals surface area contributed by atoms with E-state index in [1.165, 1.54) is 18.3 Å². The molecule has 7 nitrogen and oxygen atoms in total. The molecular weight excluding hydrogens is 286 g/mol. The van der Waals surface area contributed by atoms with Crippen LogP contribution in [-0.4, -0.2) is 57.3 Å². The fourth-order valence-corrected chi connectivity index (χ4v) is 3.07. The number of thiophene rings is 1. The van der Waals surface area contributed by atoms with E-state index >= 15 is 0 Å². The van der Waals surface area contributed by atoms with Crippen molar-refractivity contribution in [3.8, 4) is 0 Å². The summed E-state index contributed by atoms with van der Waals surface area (Å²) in [6.07, 6.45) is -4.05. The molecule has 1 aromatic heterocycles. The van der Waals surface area contributed by atoms with E-state index in [0.29, 0.717) is 4.88 Å². The van der Waals surface area contributed by atoms with Crippen LogP contribution in [0.1, 0.15) is 11.8 Å². The zero-order valence-corrected chi connectivity index (χ0v) is 11.6. The number of amides is 1. The maximum absolute atomic E-state index is 11.3. The summed E-state index contributed by atoms with van der Waals surface area (Å²) in [5.74, 6) is -2.49. The number of hydrogen-bond acceptors (Lipinski definition) is 7. The molecule has 20 heavy (non-hydrogen) atoms. The van der Waals surface area contributed by atoms with E-state index in [1.54, 1.807) is 17.5 Å². The van der Waals surface area contributed by atoms with Crippen molar-refractivity contribution in [2.45, 2.75) is 37.1 Å². The van der Waals surface area contributed by atoms with E-state index in [-0.39, 0.29) is 0 Å². The van der Waals surface area contributed by atoms with E-state index in [0.717, 1.165) is 0 Å². The molecule has 8 heteroatoms. The minimum atomic E-state index is -2.01. The van der Waals surface area contributed by atoms with Crippen molar-refractivity contribution in [1.82, 2.24) is 5.32 Å². The van der Waals surface area contributed by atoms with Gasteiger partial charge in [0.15, 0.2) is 0 Å². The van der Waals surface area contributed by atoms with Crippen LogP contribution in [0.3, 0.4) is 0 Å². The Morgan fingerprint density at radius 1 is 1.50 bits per heavy atom. The Labute approximate surface area is 119 Å². The Bertz CT molecular complexity index is 467. The van der Waals surface area contributed by atoms with Gasteiger partial charge in [-0.05, 0) is 11.4 Å². The molecule has 1 aliphatic heterocycles. The molecule has 0 bridgehead atoms. The molecular formula is C12H17NO6S. The van der Waals surface area contributed by atoms with Crippen molar-refractivity contribution in [3.05, 3.63) is 22.4 Å². The molecule has 5 N–H and O–H groups in total. The highest BCUT2D eigenvalue weighted by Gasteiger charge is 2.55. The first-order valence-corrected chi connectivity index (χ1v) is 6.96. The number of rotatable bonds is 3. The van der Waals surface area contributed by atoms with Crippen molar-refractivity contribution in [3.63, 3.8) is 0 Å². The second kappa shape index (κ2) is 5.76. The Morgan fingerprint density at radius 3 is 2.70 bits per heavy atom. The third-order valence-electron chi connectivity index (χ3n) is 3.24. The average Bonchev–Trinajstić information content (AvgIpc) is 2.93. The average molecular weight is 303 g/mol. The lowest BCUT2D eigenvalue weighted by Gasteiger charge is -2.47. The van der Waals surface area contributed by atoms with Crippen LogP contribution in [0.4, 0.5) is 0 Å². The van der Waals surface area contributed by atoms with Crippen LogP contribution in [0.2, 0.25) is 0 Å². The molecule has 0 saturated carbocycles. The van der Waals surface area contributed by atoms with Crippen molar-refractivity contribution in [2.75, 3.05) is 6.61 Å². The molecule has 0 aliphatic carbocycles. The van der Waals surface area contributed by atoms with E-state index in [4.69, 9.17) is 4.74 Å². The van der Waals surface area contributed by atoms with Crippen LogP contribution >= 0.6 is 11.3 Å². The number of aliphatic hydroxyl groups excluding tert-OH is 3. The maximum atomic E-state index is 11.3. The summed E-state index contributed by atoms with van der Waals surface area (Å²) in [7, 11) is 0. The number of hydrogen-bond donors (Lipinski definition) is 5. The summed E-state index contributed by atoms with van der Waals surface area (Å²) in [6, 6.07) is 2.02. The summed E-state index contributed by atoms with van der Waals surface area (Å²) in [5.41, 5.74) is 0. The summed E-state index contributed by atoms with van der Waals surface area (Å²) in [6.45, 7) is 0.658. The van der Waals surface area contributed by atoms with Gasteiger partial charge in [-0.15, -0.1) is 11.3 Å². The summed E-state index contributed by atoms with van der Waals surface area (Å²) >= 11 is 1.17. The standard InChI is InChI=1S/C12H17NO6S/c1-6(15)13-11-10(17)9(16)7(5-14)19-12(11,18)8-3-2-4-20-8/h2-4,7,9-11,14,16-18H,5H2,1H3,(H,13,15)/t7-,9-,10+,11-,12-/m1/s1. The first-order valence-electron chi connectivity index (χ1n) is 6.08. The minimum Gasteiger partial charge on any atom is -0.394 e. The number of nitrogens with one attached hydrogen (secondary N) is 1. The predicted octanol–water partition coefficient (Wildman–Crippen LogP) is -1.49. The number of carbonyl (C=O) groups is 1. The van der Waals surface area contributed by atoms with Crippen LogP contribution in [0.5, 0.6) is 0 Å². The number of carbonyl (C=O) groups excluding carboxylic acids is 1. The van der Waals surface area contributed by atoms with Crippen molar-refractivity contribution in [1.29, 1.82) is 0 Å². The molecule has 2 heterocycles. The molecule has 0 radical (unpaired) electrons. The molecule has 112 valence electrons. The second-order valence-electron chi connectivity index (χ2n) is 4.67. The van der Waals surface area contributed by atoms with Gasteiger partial charge >= 0.3 is 0 Å². The zero-order valence-electron chi connectivity index (χ0n) is 10.8. The van der Waals surface area contributed by atoms with Gasteiger partial charge < -0.3 is 30.5 Å².